The van der Waals surface area contributed by atoms with Gasteiger partial charge in [0.25, 0.3) is 0 Å². The van der Waals surface area contributed by atoms with Gasteiger partial charge in [-0.2, -0.15) is 0 Å². The Morgan fingerprint density at radius 3 is 2.67 bits per heavy atom. The van der Waals surface area contributed by atoms with Crippen LogP contribution in [-0.4, -0.2) is 23.9 Å². The molecule has 0 fully saturated rings. The quantitative estimate of drug-likeness (QED) is 0.856. The fourth-order valence-electron chi connectivity index (χ4n) is 2.00. The van der Waals surface area contributed by atoms with Crippen molar-refractivity contribution in [1.82, 2.24) is 4.98 Å². The van der Waals surface area contributed by atoms with Crippen molar-refractivity contribution in [2.24, 2.45) is 0 Å². The third-order valence-electron chi connectivity index (χ3n) is 2.84. The summed E-state index contributed by atoms with van der Waals surface area (Å²) in [5.41, 5.74) is 6.02. The molecule has 0 spiro atoms. The zero-order valence-electron chi connectivity index (χ0n) is 10.9. The molecule has 2 heterocycles. The summed E-state index contributed by atoms with van der Waals surface area (Å²) in [5, 5.41) is 0.445. The number of nitrogens with zero attached hydrogens (tertiary/aromatic N) is 1. The number of alkyl halides is 2. The first-order valence-electron chi connectivity index (χ1n) is 6.07. The minimum Gasteiger partial charge on any atom is -0.461 e. The molecule has 0 atom stereocenters. The van der Waals surface area contributed by atoms with Crippen molar-refractivity contribution in [2.45, 2.75) is 13.2 Å². The summed E-state index contributed by atoms with van der Waals surface area (Å²) in [5.74, 6) is -0.947. The van der Waals surface area contributed by atoms with Gasteiger partial charge in [-0.05, 0) is 19.1 Å². The molecule has 0 radical (unpaired) electrons. The summed E-state index contributed by atoms with van der Waals surface area (Å²) < 4.78 is 39.5. The summed E-state index contributed by atoms with van der Waals surface area (Å²) >= 11 is 0. The fraction of sp³-hybridized carbons (Fsp3) is 0.231. The Bertz CT molecular complexity index is 749. The molecule has 0 aliphatic carbocycles. The second-order valence-electron chi connectivity index (χ2n) is 4.31. The Morgan fingerprint density at radius 1 is 1.33 bits per heavy atom. The lowest BCUT2D eigenvalue weighted by Crippen LogP contribution is -2.25. The molecule has 21 heavy (non-hydrogen) atoms. The summed E-state index contributed by atoms with van der Waals surface area (Å²) in [4.78, 5) is 15.7. The van der Waals surface area contributed by atoms with Crippen LogP contribution in [0.15, 0.2) is 18.2 Å². The molecule has 2 N–H and O–H groups in total. The number of anilines is 1. The Morgan fingerprint density at radius 2 is 2.00 bits per heavy atom. The van der Waals surface area contributed by atoms with E-state index < -0.39 is 12.3 Å². The third kappa shape index (κ3) is 2.28. The lowest BCUT2D eigenvalue weighted by molar-refractivity contribution is -0.286. The first-order chi connectivity index (χ1) is 9.89. The van der Waals surface area contributed by atoms with Gasteiger partial charge in [0.15, 0.2) is 17.2 Å². The van der Waals surface area contributed by atoms with Crippen LogP contribution in [0.3, 0.4) is 0 Å². The number of aromatic nitrogens is 1. The van der Waals surface area contributed by atoms with Gasteiger partial charge in [0, 0.05) is 11.5 Å². The Labute approximate surface area is 117 Å². The summed E-state index contributed by atoms with van der Waals surface area (Å²) in [6.07, 6.45) is -3.71. The molecular formula is C13H10F2N2O4. The lowest BCUT2D eigenvalue weighted by atomic mass is 10.1. The molecule has 1 aliphatic heterocycles. The van der Waals surface area contributed by atoms with Gasteiger partial charge in [0.2, 0.25) is 0 Å². The molecule has 0 unspecified atom stereocenters. The number of ether oxygens (including phenoxy) is 3. The standard InChI is InChI=1S/C13H10F2N2O4/c1-2-19-12(18)11-7(16)3-6-4-9-10(5-8(6)17-11)21-13(14,15)20-9/h3-5H,2,16H2,1H3. The fourth-order valence-corrected chi connectivity index (χ4v) is 2.00. The summed E-state index contributed by atoms with van der Waals surface area (Å²) in [6, 6.07) is 4.02. The summed E-state index contributed by atoms with van der Waals surface area (Å²) in [6.45, 7) is 1.82. The molecule has 2 aromatic rings. The average Bonchev–Trinajstić information content (AvgIpc) is 2.68. The van der Waals surface area contributed by atoms with E-state index in [4.69, 9.17) is 10.5 Å². The summed E-state index contributed by atoms with van der Waals surface area (Å²) in [7, 11) is 0. The van der Waals surface area contributed by atoms with Crippen LogP contribution in [0.4, 0.5) is 14.5 Å². The minimum atomic E-state index is -3.71. The topological polar surface area (TPSA) is 83.7 Å². The highest BCUT2D eigenvalue weighted by Crippen LogP contribution is 2.43. The van der Waals surface area contributed by atoms with E-state index >= 15 is 0 Å². The number of hydrogen-bond acceptors (Lipinski definition) is 6. The first-order valence-corrected chi connectivity index (χ1v) is 6.07. The van der Waals surface area contributed by atoms with Gasteiger partial charge >= 0.3 is 12.3 Å². The molecule has 3 rings (SSSR count). The normalized spacial score (nSPS) is 15.2. The van der Waals surface area contributed by atoms with Gasteiger partial charge < -0.3 is 19.9 Å². The van der Waals surface area contributed by atoms with Crippen molar-refractivity contribution in [3.8, 4) is 11.5 Å². The van der Waals surface area contributed by atoms with E-state index in [0.717, 1.165) is 0 Å². The van der Waals surface area contributed by atoms with Crippen molar-refractivity contribution in [3.63, 3.8) is 0 Å². The average molecular weight is 296 g/mol. The molecule has 0 saturated heterocycles. The van der Waals surface area contributed by atoms with Crippen LogP contribution in [-0.2, 0) is 4.74 Å². The molecule has 6 nitrogen and oxygen atoms in total. The van der Waals surface area contributed by atoms with E-state index in [-0.39, 0.29) is 35.0 Å². The van der Waals surface area contributed by atoms with E-state index in [1.54, 1.807) is 6.92 Å². The Kier molecular flexibility index (Phi) is 2.82. The maximum Gasteiger partial charge on any atom is 0.586 e. The van der Waals surface area contributed by atoms with Crippen LogP contribution in [0.2, 0.25) is 0 Å². The number of pyridine rings is 1. The van der Waals surface area contributed by atoms with E-state index in [1.165, 1.54) is 18.2 Å². The molecular weight excluding hydrogens is 286 g/mol. The van der Waals surface area contributed by atoms with E-state index in [2.05, 4.69) is 14.5 Å². The van der Waals surface area contributed by atoms with Crippen molar-refractivity contribution >= 4 is 22.6 Å². The maximum atomic E-state index is 13.0. The Hall–Kier alpha value is -2.64. The number of halogens is 2. The number of esters is 1. The lowest BCUT2D eigenvalue weighted by Gasteiger charge is -2.07. The van der Waals surface area contributed by atoms with Crippen LogP contribution in [0.1, 0.15) is 17.4 Å². The van der Waals surface area contributed by atoms with Gasteiger partial charge in [-0.25, -0.2) is 9.78 Å². The minimum absolute atomic E-state index is 0.0741. The van der Waals surface area contributed by atoms with Crippen LogP contribution in [0, 0.1) is 0 Å². The number of carbonyl (C=O) groups is 1. The van der Waals surface area contributed by atoms with E-state index in [0.29, 0.717) is 5.39 Å². The van der Waals surface area contributed by atoms with E-state index in [1.807, 2.05) is 0 Å². The van der Waals surface area contributed by atoms with Gasteiger partial charge in [-0.1, -0.05) is 0 Å². The van der Waals surface area contributed by atoms with Crippen molar-refractivity contribution in [3.05, 3.63) is 23.9 Å². The van der Waals surface area contributed by atoms with Gasteiger partial charge in [0.1, 0.15) is 0 Å². The SMILES string of the molecule is CCOC(=O)c1nc2cc3c(cc2cc1N)OC(F)(F)O3. The number of fused-ring (bicyclic) bond motifs is 2. The molecule has 1 aromatic carbocycles. The zero-order valence-corrected chi connectivity index (χ0v) is 10.9. The maximum absolute atomic E-state index is 13.0. The molecule has 0 amide bonds. The number of carbonyl (C=O) groups excluding carboxylic acids is 1. The number of nitrogens with two attached hydrogens (primary N) is 1. The monoisotopic (exact) mass is 296 g/mol. The highest BCUT2D eigenvalue weighted by Gasteiger charge is 2.43. The predicted octanol–water partition coefficient (Wildman–Crippen LogP) is 2.32. The molecule has 110 valence electrons. The number of benzene rings is 1. The van der Waals surface area contributed by atoms with Gasteiger partial charge in [-0.3, -0.25) is 0 Å². The number of hydrogen-bond donors (Lipinski definition) is 1. The van der Waals surface area contributed by atoms with Crippen LogP contribution >= 0.6 is 0 Å². The van der Waals surface area contributed by atoms with Gasteiger partial charge in [0.05, 0.1) is 17.8 Å². The van der Waals surface area contributed by atoms with Crippen LogP contribution < -0.4 is 15.2 Å². The molecule has 0 saturated carbocycles. The predicted molar refractivity (Wildman–Crippen MR) is 68.3 cm³/mol. The smallest absolute Gasteiger partial charge is 0.461 e. The zero-order chi connectivity index (χ0) is 15.2. The molecule has 0 bridgehead atoms. The molecule has 1 aliphatic rings. The molecule has 1 aromatic heterocycles. The van der Waals surface area contributed by atoms with E-state index in [9.17, 15) is 13.6 Å². The van der Waals surface area contributed by atoms with Crippen molar-refractivity contribution < 1.29 is 27.8 Å². The first kappa shape index (κ1) is 13.3. The Balaban J connectivity index is 2.11. The highest BCUT2D eigenvalue weighted by atomic mass is 19.3. The molecule has 8 heteroatoms. The van der Waals surface area contributed by atoms with Crippen molar-refractivity contribution in [2.75, 3.05) is 12.3 Å². The van der Waals surface area contributed by atoms with Crippen LogP contribution in [0.25, 0.3) is 10.9 Å². The number of rotatable bonds is 2. The second-order valence-corrected chi connectivity index (χ2v) is 4.31. The van der Waals surface area contributed by atoms with Crippen LogP contribution in [0.5, 0.6) is 11.5 Å². The van der Waals surface area contributed by atoms with Gasteiger partial charge in [-0.15, -0.1) is 8.78 Å². The highest BCUT2D eigenvalue weighted by molar-refractivity contribution is 5.97. The second kappa shape index (κ2) is 4.44. The number of nitrogen functional groups attached to an aromatic ring is 1. The third-order valence-corrected chi connectivity index (χ3v) is 2.84. The van der Waals surface area contributed by atoms with Crippen molar-refractivity contribution in [1.29, 1.82) is 0 Å². The largest absolute Gasteiger partial charge is 0.586 e.